The van der Waals surface area contributed by atoms with Crippen LogP contribution in [-0.4, -0.2) is 6.71 Å². The fourth-order valence-corrected chi connectivity index (χ4v) is 10.4. The molecule has 0 saturated heterocycles. The van der Waals surface area contributed by atoms with Crippen molar-refractivity contribution in [2.75, 3.05) is 9.80 Å². The van der Waals surface area contributed by atoms with Crippen molar-refractivity contribution >= 4 is 90.3 Å². The van der Waals surface area contributed by atoms with Gasteiger partial charge in [-0.15, -0.1) is 0 Å². The van der Waals surface area contributed by atoms with Crippen LogP contribution in [0.25, 0.3) is 44.0 Å². The van der Waals surface area contributed by atoms with E-state index in [4.69, 9.17) is 8.83 Å². The van der Waals surface area contributed by atoms with Crippen LogP contribution < -0.4 is 26.4 Å². The molecule has 7 aromatic carbocycles. The van der Waals surface area contributed by atoms with Gasteiger partial charge in [-0.25, -0.2) is 0 Å². The number of benzene rings is 7. The zero-order valence-corrected chi connectivity index (χ0v) is 32.6. The summed E-state index contributed by atoms with van der Waals surface area (Å²) in [6.45, 7) is 9.51. The molecule has 0 N–H and O–H groups in total. The minimum absolute atomic E-state index is 0.0610. The van der Waals surface area contributed by atoms with E-state index in [1.165, 1.54) is 34.2 Å². The zero-order chi connectivity index (χ0) is 38.2. The molecule has 9 aromatic rings. The first-order chi connectivity index (χ1) is 27.8. The molecular formula is C52H41BN2O2. The second kappa shape index (κ2) is 11.5. The Labute approximate surface area is 333 Å². The van der Waals surface area contributed by atoms with Gasteiger partial charge in [0, 0.05) is 44.5 Å². The van der Waals surface area contributed by atoms with Crippen LogP contribution in [0.5, 0.6) is 0 Å². The lowest BCUT2D eigenvalue weighted by atomic mass is 9.35. The van der Waals surface area contributed by atoms with E-state index in [-0.39, 0.29) is 17.5 Å². The van der Waals surface area contributed by atoms with Crippen LogP contribution in [0.1, 0.15) is 51.7 Å². The topological polar surface area (TPSA) is 32.8 Å². The number of furan rings is 2. The summed E-state index contributed by atoms with van der Waals surface area (Å²) in [7, 11) is 0. The van der Waals surface area contributed by atoms with Crippen LogP contribution in [0.4, 0.5) is 34.1 Å². The van der Waals surface area contributed by atoms with Crippen molar-refractivity contribution in [2.24, 2.45) is 0 Å². The molecule has 0 saturated carbocycles. The average molecular weight is 737 g/mol. The summed E-state index contributed by atoms with van der Waals surface area (Å²) in [5.41, 5.74) is 18.1. The summed E-state index contributed by atoms with van der Waals surface area (Å²) in [4.78, 5) is 4.97. The highest BCUT2D eigenvalue weighted by atomic mass is 16.3. The van der Waals surface area contributed by atoms with Crippen molar-refractivity contribution in [2.45, 2.75) is 51.4 Å². The highest BCUT2D eigenvalue weighted by Gasteiger charge is 2.47. The lowest BCUT2D eigenvalue weighted by molar-refractivity contribution is 0.332. The van der Waals surface area contributed by atoms with E-state index in [2.05, 4.69) is 189 Å². The molecule has 5 heteroatoms. The molecule has 57 heavy (non-hydrogen) atoms. The van der Waals surface area contributed by atoms with Crippen LogP contribution in [-0.2, 0) is 10.8 Å². The van der Waals surface area contributed by atoms with Crippen molar-refractivity contribution < 1.29 is 8.83 Å². The van der Waals surface area contributed by atoms with E-state index in [9.17, 15) is 0 Å². The molecule has 0 bridgehead atoms. The van der Waals surface area contributed by atoms with Gasteiger partial charge >= 0.3 is 0 Å². The molecule has 0 spiro atoms. The van der Waals surface area contributed by atoms with Crippen LogP contribution in [0.2, 0.25) is 0 Å². The molecular weight excluding hydrogens is 695 g/mol. The predicted molar refractivity (Wildman–Crippen MR) is 238 cm³/mol. The molecule has 4 nitrogen and oxygen atoms in total. The molecule has 1 aliphatic carbocycles. The van der Waals surface area contributed by atoms with Gasteiger partial charge in [0.1, 0.15) is 11.2 Å². The Kier molecular flexibility index (Phi) is 6.64. The van der Waals surface area contributed by atoms with E-state index >= 15 is 0 Å². The minimum Gasteiger partial charge on any atom is -0.468 e. The van der Waals surface area contributed by atoms with Crippen molar-refractivity contribution in [3.05, 3.63) is 163 Å². The molecule has 0 amide bonds. The second-order valence-corrected chi connectivity index (χ2v) is 17.5. The monoisotopic (exact) mass is 736 g/mol. The van der Waals surface area contributed by atoms with Crippen molar-refractivity contribution in [3.8, 4) is 11.1 Å². The molecule has 0 radical (unpaired) electrons. The quantitative estimate of drug-likeness (QED) is 0.169. The molecule has 2 aromatic heterocycles. The lowest BCUT2D eigenvalue weighted by Crippen LogP contribution is -2.61. The van der Waals surface area contributed by atoms with Crippen LogP contribution >= 0.6 is 0 Å². The SMILES string of the molecule is CC1(C)CCC(C)(C)c2cc(N3c4cccc5c4B(c4ccccc4N5c4c(-c5ccccc5)ccc5c4oc4ccccc45)c4oc5ccccc5c43)ccc21. The summed E-state index contributed by atoms with van der Waals surface area (Å²) in [5, 5.41) is 3.34. The summed E-state index contributed by atoms with van der Waals surface area (Å²) in [6.07, 6.45) is 2.33. The number of para-hydroxylation sites is 3. The zero-order valence-electron chi connectivity index (χ0n) is 32.6. The van der Waals surface area contributed by atoms with Gasteiger partial charge in [0.15, 0.2) is 5.58 Å². The number of anilines is 6. The van der Waals surface area contributed by atoms with Crippen molar-refractivity contribution in [3.63, 3.8) is 0 Å². The van der Waals surface area contributed by atoms with Crippen LogP contribution in [0, 0.1) is 0 Å². The first kappa shape index (κ1) is 32.8. The first-order valence-electron chi connectivity index (χ1n) is 20.3. The van der Waals surface area contributed by atoms with Gasteiger partial charge in [-0.3, -0.25) is 0 Å². The van der Waals surface area contributed by atoms with Gasteiger partial charge in [-0.05, 0) is 106 Å². The first-order valence-corrected chi connectivity index (χ1v) is 20.3. The van der Waals surface area contributed by atoms with E-state index < -0.39 is 0 Å². The molecule has 0 atom stereocenters. The second-order valence-electron chi connectivity index (χ2n) is 17.5. The van der Waals surface area contributed by atoms with Gasteiger partial charge in [0.05, 0.1) is 17.0 Å². The van der Waals surface area contributed by atoms with Gasteiger partial charge < -0.3 is 18.6 Å². The summed E-state index contributed by atoms with van der Waals surface area (Å²) in [6, 6.07) is 55.2. The summed E-state index contributed by atoms with van der Waals surface area (Å²) >= 11 is 0. The molecule has 3 aliphatic rings. The third-order valence-corrected chi connectivity index (χ3v) is 13.3. The predicted octanol–water partition coefficient (Wildman–Crippen LogP) is 12.4. The Morgan fingerprint density at radius 2 is 1.16 bits per heavy atom. The fraction of sp³-hybridized carbons (Fsp3) is 0.154. The number of hydrogen-bond donors (Lipinski definition) is 0. The van der Waals surface area contributed by atoms with Gasteiger partial charge in [-0.1, -0.05) is 125 Å². The molecule has 274 valence electrons. The van der Waals surface area contributed by atoms with E-state index in [1.54, 1.807) is 0 Å². The number of nitrogens with zero attached hydrogens (tertiary/aromatic N) is 2. The average Bonchev–Trinajstić information content (AvgIpc) is 3.82. The number of hydrogen-bond acceptors (Lipinski definition) is 4. The van der Waals surface area contributed by atoms with Crippen molar-refractivity contribution in [1.29, 1.82) is 0 Å². The molecule has 12 rings (SSSR count). The fourth-order valence-electron chi connectivity index (χ4n) is 10.4. The largest absolute Gasteiger partial charge is 0.468 e. The maximum absolute atomic E-state index is 7.10. The van der Waals surface area contributed by atoms with Gasteiger partial charge in [-0.2, -0.15) is 0 Å². The van der Waals surface area contributed by atoms with E-state index in [0.29, 0.717) is 0 Å². The maximum Gasteiger partial charge on any atom is 0.297 e. The third-order valence-electron chi connectivity index (χ3n) is 13.3. The highest BCUT2D eigenvalue weighted by Crippen LogP contribution is 2.53. The Morgan fingerprint density at radius 3 is 1.96 bits per heavy atom. The Morgan fingerprint density at radius 1 is 0.509 bits per heavy atom. The Balaban J connectivity index is 1.19. The summed E-state index contributed by atoms with van der Waals surface area (Å²) < 4.78 is 14.0. The minimum atomic E-state index is -0.120. The molecule has 0 fully saturated rings. The molecule has 0 unspecified atom stereocenters. The van der Waals surface area contributed by atoms with Gasteiger partial charge in [0.2, 0.25) is 0 Å². The normalized spacial score (nSPS) is 16.1. The number of rotatable bonds is 3. The molecule has 2 aliphatic heterocycles. The third kappa shape index (κ3) is 4.51. The number of fused-ring (bicyclic) bond motifs is 10. The van der Waals surface area contributed by atoms with E-state index in [1.807, 2.05) is 0 Å². The van der Waals surface area contributed by atoms with Crippen molar-refractivity contribution in [1.82, 2.24) is 0 Å². The summed E-state index contributed by atoms with van der Waals surface area (Å²) in [5.74, 6) is 0. The van der Waals surface area contributed by atoms with Crippen LogP contribution in [0.3, 0.4) is 0 Å². The highest BCUT2D eigenvalue weighted by molar-refractivity contribution is 7.00. The van der Waals surface area contributed by atoms with Crippen LogP contribution in [0.15, 0.2) is 160 Å². The van der Waals surface area contributed by atoms with E-state index in [0.717, 1.165) is 84.6 Å². The smallest absolute Gasteiger partial charge is 0.297 e. The van der Waals surface area contributed by atoms with Gasteiger partial charge in [0.25, 0.3) is 6.71 Å². The standard InChI is InChI=1S/C52H41BN2O2/c1-51(2)29-30-52(3,4)39-31-33(25-28-38(39)51)54-42-21-14-22-43-46(42)53(50-48(54)37-18-9-13-24-45(37)57-50)40-19-10-11-20-41(40)55(43)47-34(32-15-6-5-7-16-32)26-27-36-35-17-8-12-23-44(35)56-49(36)47/h5-28,31H,29-30H2,1-4H3. The lowest BCUT2D eigenvalue weighted by Gasteiger charge is -2.44. The maximum atomic E-state index is 7.10. The Hall–Kier alpha value is -6.46. The Bertz CT molecular complexity index is 3120. The molecule has 4 heterocycles.